The molecule has 0 radical (unpaired) electrons. The van der Waals surface area contributed by atoms with Crippen molar-refractivity contribution >= 4 is 21.5 Å². The molecule has 1 N–H and O–H groups in total. The third-order valence-corrected chi connectivity index (χ3v) is 4.47. The van der Waals surface area contributed by atoms with E-state index in [1.165, 1.54) is 0 Å². The van der Waals surface area contributed by atoms with Gasteiger partial charge in [0.1, 0.15) is 5.75 Å². The van der Waals surface area contributed by atoms with Crippen LogP contribution in [0.4, 0.5) is 0 Å². The summed E-state index contributed by atoms with van der Waals surface area (Å²) in [5.41, 5.74) is 2.99. The number of aromatic hydroxyl groups is 1. The molecule has 4 aromatic rings. The Labute approximate surface area is 140 Å². The van der Waals surface area contributed by atoms with Gasteiger partial charge >= 0.3 is 0 Å². The van der Waals surface area contributed by atoms with E-state index in [0.717, 1.165) is 38.2 Å². The molecule has 0 atom stereocenters. The second kappa shape index (κ2) is 5.99. The van der Waals surface area contributed by atoms with Gasteiger partial charge in [-0.2, -0.15) is 0 Å². The van der Waals surface area contributed by atoms with E-state index < -0.39 is 0 Å². The van der Waals surface area contributed by atoms with Gasteiger partial charge in [-0.05, 0) is 38.7 Å². The van der Waals surface area contributed by atoms with Crippen molar-refractivity contribution in [3.8, 4) is 16.9 Å². The highest BCUT2D eigenvalue weighted by Gasteiger charge is 2.16. The molecule has 0 saturated carbocycles. The Morgan fingerprint density at radius 3 is 1.96 bits per heavy atom. The van der Waals surface area contributed by atoms with Crippen LogP contribution < -0.4 is 0 Å². The van der Waals surface area contributed by atoms with Crippen LogP contribution in [0.3, 0.4) is 0 Å². The SMILES string of the molecule is COCc1ccc2ccccc2c1-c1c(O)ccc2ccccc12. The second-order valence-corrected chi connectivity index (χ2v) is 5.93. The molecule has 0 heterocycles. The molecule has 0 fully saturated rings. The zero-order valence-electron chi connectivity index (χ0n) is 13.5. The van der Waals surface area contributed by atoms with Crippen molar-refractivity contribution in [2.24, 2.45) is 0 Å². The zero-order chi connectivity index (χ0) is 16.5. The van der Waals surface area contributed by atoms with Crippen molar-refractivity contribution in [1.29, 1.82) is 0 Å². The molecule has 2 nitrogen and oxygen atoms in total. The Morgan fingerprint density at radius 1 is 0.708 bits per heavy atom. The molecule has 0 unspecified atom stereocenters. The largest absolute Gasteiger partial charge is 0.507 e. The normalized spacial score (nSPS) is 11.2. The lowest BCUT2D eigenvalue weighted by atomic mass is 9.89. The predicted octanol–water partition coefficient (Wildman–Crippen LogP) is 5.51. The molecule has 0 aliphatic heterocycles. The number of ether oxygens (including phenoxy) is 1. The van der Waals surface area contributed by atoms with E-state index in [0.29, 0.717) is 12.4 Å². The lowest BCUT2D eigenvalue weighted by molar-refractivity contribution is 0.185. The number of methoxy groups -OCH3 is 1. The highest BCUT2D eigenvalue weighted by molar-refractivity contribution is 6.08. The fraction of sp³-hybridized carbons (Fsp3) is 0.0909. The van der Waals surface area contributed by atoms with Crippen LogP contribution >= 0.6 is 0 Å². The Kier molecular flexibility index (Phi) is 3.68. The van der Waals surface area contributed by atoms with E-state index >= 15 is 0 Å². The molecule has 4 rings (SSSR count). The van der Waals surface area contributed by atoms with Crippen LogP contribution in [0.25, 0.3) is 32.7 Å². The third kappa shape index (κ3) is 2.32. The van der Waals surface area contributed by atoms with E-state index in [-0.39, 0.29) is 0 Å². The minimum atomic E-state index is 0.294. The number of phenols is 1. The van der Waals surface area contributed by atoms with Crippen LogP contribution in [0, 0.1) is 0 Å². The lowest BCUT2D eigenvalue weighted by Gasteiger charge is -2.16. The summed E-state index contributed by atoms with van der Waals surface area (Å²) in [5.74, 6) is 0.294. The first kappa shape index (κ1) is 14.7. The maximum absolute atomic E-state index is 10.7. The van der Waals surface area contributed by atoms with Gasteiger partial charge in [-0.25, -0.2) is 0 Å². The Balaban J connectivity index is 2.17. The third-order valence-electron chi connectivity index (χ3n) is 4.47. The van der Waals surface area contributed by atoms with E-state index in [2.05, 4.69) is 36.4 Å². The van der Waals surface area contributed by atoms with Crippen LogP contribution in [0.15, 0.2) is 72.8 Å². The van der Waals surface area contributed by atoms with Crippen LogP contribution in [-0.2, 0) is 11.3 Å². The van der Waals surface area contributed by atoms with Crippen molar-refractivity contribution in [3.05, 3.63) is 78.4 Å². The van der Waals surface area contributed by atoms with E-state index in [1.807, 2.05) is 30.3 Å². The molecule has 24 heavy (non-hydrogen) atoms. The average Bonchev–Trinajstić information content (AvgIpc) is 2.62. The number of fused-ring (bicyclic) bond motifs is 2. The van der Waals surface area contributed by atoms with Crippen LogP contribution in [0.5, 0.6) is 5.75 Å². The predicted molar refractivity (Wildman–Crippen MR) is 99.3 cm³/mol. The van der Waals surface area contributed by atoms with E-state index in [9.17, 15) is 5.11 Å². The summed E-state index contributed by atoms with van der Waals surface area (Å²) in [4.78, 5) is 0. The summed E-state index contributed by atoms with van der Waals surface area (Å²) in [6, 6.07) is 24.3. The quantitative estimate of drug-likeness (QED) is 0.540. The van der Waals surface area contributed by atoms with Crippen molar-refractivity contribution in [3.63, 3.8) is 0 Å². The van der Waals surface area contributed by atoms with Crippen LogP contribution in [0.1, 0.15) is 5.56 Å². The summed E-state index contributed by atoms with van der Waals surface area (Å²) in [6.45, 7) is 0.503. The van der Waals surface area contributed by atoms with Crippen LogP contribution in [0.2, 0.25) is 0 Å². The lowest BCUT2D eigenvalue weighted by Crippen LogP contribution is -1.95. The van der Waals surface area contributed by atoms with Crippen LogP contribution in [-0.4, -0.2) is 12.2 Å². The van der Waals surface area contributed by atoms with Crippen molar-refractivity contribution in [1.82, 2.24) is 0 Å². The second-order valence-electron chi connectivity index (χ2n) is 5.93. The molecule has 4 aromatic carbocycles. The summed E-state index contributed by atoms with van der Waals surface area (Å²) >= 11 is 0. The molecular formula is C22H18O2. The molecule has 0 spiro atoms. The molecule has 0 amide bonds. The summed E-state index contributed by atoms with van der Waals surface area (Å²) in [6.07, 6.45) is 0. The van der Waals surface area contributed by atoms with Gasteiger partial charge in [0.05, 0.1) is 6.61 Å². The molecule has 0 bridgehead atoms. The molecule has 118 valence electrons. The number of hydrogen-bond acceptors (Lipinski definition) is 2. The fourth-order valence-corrected chi connectivity index (χ4v) is 3.41. The standard InChI is InChI=1S/C22H18O2/c1-24-14-17-11-10-15-6-2-4-8-18(15)21(17)22-19-9-5-3-7-16(19)12-13-20(22)23/h2-13,23H,14H2,1H3. The maximum atomic E-state index is 10.7. The first-order valence-electron chi connectivity index (χ1n) is 8.00. The van der Waals surface area contributed by atoms with Gasteiger partial charge in [-0.3, -0.25) is 0 Å². The number of hydrogen-bond donors (Lipinski definition) is 1. The summed E-state index contributed by atoms with van der Waals surface area (Å²) in [5, 5.41) is 15.1. The van der Waals surface area contributed by atoms with E-state index in [4.69, 9.17) is 4.74 Å². The van der Waals surface area contributed by atoms with Gasteiger partial charge in [0.15, 0.2) is 0 Å². The Hall–Kier alpha value is -2.84. The molecule has 0 aromatic heterocycles. The minimum absolute atomic E-state index is 0.294. The monoisotopic (exact) mass is 314 g/mol. The molecule has 0 aliphatic rings. The molecule has 0 saturated heterocycles. The smallest absolute Gasteiger partial charge is 0.124 e. The first-order chi connectivity index (χ1) is 11.8. The highest BCUT2D eigenvalue weighted by atomic mass is 16.5. The summed E-state index contributed by atoms with van der Waals surface area (Å²) < 4.78 is 5.41. The van der Waals surface area contributed by atoms with Gasteiger partial charge in [0.25, 0.3) is 0 Å². The number of benzene rings is 4. The van der Waals surface area contributed by atoms with Gasteiger partial charge in [0, 0.05) is 12.7 Å². The molecule has 2 heteroatoms. The number of rotatable bonds is 3. The number of phenolic OH excluding ortho intramolecular Hbond substituents is 1. The molecule has 0 aliphatic carbocycles. The fourth-order valence-electron chi connectivity index (χ4n) is 3.41. The van der Waals surface area contributed by atoms with E-state index in [1.54, 1.807) is 13.2 Å². The van der Waals surface area contributed by atoms with Gasteiger partial charge in [-0.1, -0.05) is 66.7 Å². The van der Waals surface area contributed by atoms with Crippen molar-refractivity contribution in [2.45, 2.75) is 6.61 Å². The van der Waals surface area contributed by atoms with Gasteiger partial charge in [0.2, 0.25) is 0 Å². The topological polar surface area (TPSA) is 29.5 Å². The molecular weight excluding hydrogens is 296 g/mol. The first-order valence-corrected chi connectivity index (χ1v) is 8.00. The van der Waals surface area contributed by atoms with Gasteiger partial charge in [-0.15, -0.1) is 0 Å². The summed E-state index contributed by atoms with van der Waals surface area (Å²) in [7, 11) is 1.70. The zero-order valence-corrected chi connectivity index (χ0v) is 13.5. The highest BCUT2D eigenvalue weighted by Crippen LogP contribution is 2.42. The Bertz CT molecular complexity index is 1030. The van der Waals surface area contributed by atoms with Crippen molar-refractivity contribution in [2.75, 3.05) is 7.11 Å². The van der Waals surface area contributed by atoms with Crippen molar-refractivity contribution < 1.29 is 9.84 Å². The maximum Gasteiger partial charge on any atom is 0.124 e. The average molecular weight is 314 g/mol. The minimum Gasteiger partial charge on any atom is -0.507 e. The Morgan fingerprint density at radius 2 is 1.29 bits per heavy atom. The van der Waals surface area contributed by atoms with Gasteiger partial charge < -0.3 is 9.84 Å².